The Labute approximate surface area is 226 Å². The minimum atomic E-state index is -1.34. The molecule has 1 nitrogen and oxygen atoms in total. The van der Waals surface area contributed by atoms with Gasteiger partial charge in [-0.2, -0.15) is 22.2 Å². The molecule has 0 saturated carbocycles. The summed E-state index contributed by atoms with van der Waals surface area (Å²) in [6.45, 7) is 0.371. The third kappa shape index (κ3) is 32.8. The summed E-state index contributed by atoms with van der Waals surface area (Å²) >= 11 is 11.8. The normalized spacial score (nSPS) is 11.6. The van der Waals surface area contributed by atoms with Crippen LogP contribution in [0.2, 0.25) is 6.04 Å². The molecule has 0 heterocycles. The lowest BCUT2D eigenvalue weighted by atomic mass is 10.0. The maximum Gasteiger partial charge on any atom is 0.237 e. The van der Waals surface area contributed by atoms with E-state index in [1.807, 2.05) is 0 Å². The zero-order chi connectivity index (χ0) is 24.8. The van der Waals surface area contributed by atoms with Crippen LogP contribution in [-0.2, 0) is 0 Å². The Hall–Kier alpha value is 0.757. The van der Waals surface area contributed by atoms with Crippen LogP contribution in [0, 0.1) is 0 Å². The second kappa shape index (κ2) is 31.8. The van der Waals surface area contributed by atoms with Gasteiger partial charge < -0.3 is 5.11 Å². The van der Waals surface area contributed by atoms with Crippen molar-refractivity contribution in [2.45, 2.75) is 186 Å². The number of halogens is 2. The molecule has 0 aliphatic heterocycles. The Bertz CT molecular complexity index is 355. The summed E-state index contributed by atoms with van der Waals surface area (Å²) in [6, 6.07) is 1.10. The molecule has 34 heavy (non-hydrogen) atoms. The summed E-state index contributed by atoms with van der Waals surface area (Å²) in [6.07, 6.45) is 39.3. The minimum absolute atomic E-state index is 0.371. The summed E-state index contributed by atoms with van der Waals surface area (Å²) in [7, 11) is -1.34. The van der Waals surface area contributed by atoms with Crippen LogP contribution in [0.25, 0.3) is 0 Å². The van der Waals surface area contributed by atoms with E-state index in [9.17, 15) is 0 Å². The molecule has 0 fully saturated rings. The van der Waals surface area contributed by atoms with E-state index in [2.05, 4.69) is 0 Å². The lowest BCUT2D eigenvalue weighted by molar-refractivity contribution is 0.282. The molecule has 0 bridgehead atoms. The van der Waals surface area contributed by atoms with Crippen molar-refractivity contribution in [2.75, 3.05) is 6.61 Å². The molecule has 0 radical (unpaired) electrons. The maximum atomic E-state index is 8.77. The molecule has 0 aliphatic rings. The molecule has 1 N–H and O–H groups in total. The van der Waals surface area contributed by atoms with E-state index in [1.165, 1.54) is 173 Å². The van der Waals surface area contributed by atoms with Crippen molar-refractivity contribution in [1.82, 2.24) is 0 Å². The first-order valence-electron chi connectivity index (χ1n) is 15.7. The molecule has 206 valence electrons. The summed E-state index contributed by atoms with van der Waals surface area (Å²) in [5, 5.41) is 8.77. The van der Waals surface area contributed by atoms with Gasteiger partial charge in [0.05, 0.1) is 0 Å². The molecule has 0 atom stereocenters. The number of unbranched alkanes of at least 4 members (excludes halogenated alkanes) is 27. The molecule has 0 aromatic carbocycles. The van der Waals surface area contributed by atoms with Crippen molar-refractivity contribution in [1.29, 1.82) is 0 Å². The van der Waals surface area contributed by atoms with Crippen molar-refractivity contribution in [3.05, 3.63) is 0 Å². The van der Waals surface area contributed by atoms with E-state index in [1.54, 1.807) is 0 Å². The van der Waals surface area contributed by atoms with Crippen molar-refractivity contribution >= 4 is 29.6 Å². The van der Waals surface area contributed by atoms with Crippen molar-refractivity contribution in [2.24, 2.45) is 0 Å². The molecule has 4 heteroatoms. The van der Waals surface area contributed by atoms with Gasteiger partial charge in [-0.1, -0.05) is 173 Å². The average Bonchev–Trinajstić information content (AvgIpc) is 2.83. The first-order valence-corrected chi connectivity index (χ1v) is 20.0. The molecule has 0 spiro atoms. The van der Waals surface area contributed by atoms with Crippen LogP contribution in [0.4, 0.5) is 0 Å². The van der Waals surface area contributed by atoms with E-state index in [0.29, 0.717) is 6.61 Å². The van der Waals surface area contributed by atoms with Gasteiger partial charge in [-0.05, 0) is 12.5 Å². The fraction of sp³-hybridized carbons (Fsp3) is 1.00. The zero-order valence-electron chi connectivity index (χ0n) is 23.0. The van der Waals surface area contributed by atoms with Gasteiger partial charge in [0.25, 0.3) is 0 Å². The van der Waals surface area contributed by atoms with E-state index >= 15 is 0 Å². The number of hydrogen-bond acceptors (Lipinski definition) is 1. The Morgan fingerprint density at radius 2 is 0.471 bits per heavy atom. The fourth-order valence-electron chi connectivity index (χ4n) is 5.01. The van der Waals surface area contributed by atoms with Crippen molar-refractivity contribution in [3.63, 3.8) is 0 Å². The lowest BCUT2D eigenvalue weighted by Gasteiger charge is -2.04. The molecule has 0 rings (SSSR count). The highest BCUT2D eigenvalue weighted by molar-refractivity contribution is 7.33. The quantitative estimate of drug-likeness (QED) is 0.0549. The average molecular weight is 538 g/mol. The number of aliphatic hydroxyl groups is 1. The van der Waals surface area contributed by atoms with Crippen LogP contribution in [0.15, 0.2) is 0 Å². The Morgan fingerprint density at radius 1 is 0.294 bits per heavy atom. The molecular formula is C30H62Cl2OSi. The van der Waals surface area contributed by atoms with E-state index in [4.69, 9.17) is 27.3 Å². The lowest BCUT2D eigenvalue weighted by Crippen LogP contribution is -1.91. The van der Waals surface area contributed by atoms with Crippen molar-refractivity contribution in [3.8, 4) is 0 Å². The van der Waals surface area contributed by atoms with Crippen LogP contribution in [-0.4, -0.2) is 19.1 Å². The molecular weight excluding hydrogens is 475 g/mol. The Balaban J connectivity index is 3.00. The summed E-state index contributed by atoms with van der Waals surface area (Å²) in [4.78, 5) is 0. The predicted octanol–water partition coefficient (Wildman–Crippen LogP) is 11.6. The van der Waals surface area contributed by atoms with Gasteiger partial charge in [-0.15, -0.1) is 0 Å². The van der Waals surface area contributed by atoms with Gasteiger partial charge in [0, 0.05) is 6.61 Å². The number of hydrogen-bond donors (Lipinski definition) is 1. The van der Waals surface area contributed by atoms with Crippen LogP contribution >= 0.6 is 22.2 Å². The fourth-order valence-corrected chi connectivity index (χ4v) is 6.53. The molecule has 0 aromatic heterocycles. The Kier molecular flexibility index (Phi) is 32.5. The minimum Gasteiger partial charge on any atom is -0.396 e. The second-order valence-electron chi connectivity index (χ2n) is 10.8. The SMILES string of the molecule is OCCCCCCCCCCCCCCCCCCCCCCCCCCCCCC[SiH](Cl)Cl. The van der Waals surface area contributed by atoms with E-state index in [0.717, 1.165) is 12.5 Å². The topological polar surface area (TPSA) is 20.2 Å². The van der Waals surface area contributed by atoms with Gasteiger partial charge in [-0.25, -0.2) is 0 Å². The molecule has 0 aromatic rings. The third-order valence-electron chi connectivity index (χ3n) is 7.33. The third-order valence-corrected chi connectivity index (χ3v) is 9.48. The molecule has 0 amide bonds. The first kappa shape index (κ1) is 34.8. The van der Waals surface area contributed by atoms with Gasteiger partial charge in [0.15, 0.2) is 0 Å². The molecule has 0 aliphatic carbocycles. The molecule has 0 saturated heterocycles. The van der Waals surface area contributed by atoms with Gasteiger partial charge in [-0.3, -0.25) is 0 Å². The number of aliphatic hydroxyl groups excluding tert-OH is 1. The number of rotatable bonds is 30. The highest BCUT2D eigenvalue weighted by atomic mass is 35.7. The van der Waals surface area contributed by atoms with Crippen LogP contribution in [0.5, 0.6) is 0 Å². The summed E-state index contributed by atoms with van der Waals surface area (Å²) in [5.74, 6) is 0. The highest BCUT2D eigenvalue weighted by Crippen LogP contribution is 2.17. The monoisotopic (exact) mass is 536 g/mol. The maximum absolute atomic E-state index is 8.77. The van der Waals surface area contributed by atoms with E-state index in [-0.39, 0.29) is 0 Å². The van der Waals surface area contributed by atoms with Gasteiger partial charge in [0.2, 0.25) is 7.42 Å². The summed E-state index contributed by atoms with van der Waals surface area (Å²) in [5.41, 5.74) is 0. The predicted molar refractivity (Wildman–Crippen MR) is 160 cm³/mol. The standard InChI is InChI=1S/C30H62Cl2OSi/c31-34(32)30-28-26-24-22-20-18-16-14-12-10-8-6-4-2-1-3-5-7-9-11-13-15-17-19-21-23-25-27-29-33/h33-34H,1-30H2. The first-order chi connectivity index (χ1) is 16.8. The zero-order valence-corrected chi connectivity index (χ0v) is 25.7. The van der Waals surface area contributed by atoms with Crippen LogP contribution in [0.3, 0.4) is 0 Å². The van der Waals surface area contributed by atoms with Gasteiger partial charge >= 0.3 is 0 Å². The summed E-state index contributed by atoms with van der Waals surface area (Å²) < 4.78 is 0. The molecule has 0 unspecified atom stereocenters. The van der Waals surface area contributed by atoms with Crippen LogP contribution in [0.1, 0.15) is 180 Å². The second-order valence-corrected chi connectivity index (χ2v) is 16.0. The highest BCUT2D eigenvalue weighted by Gasteiger charge is 2.00. The smallest absolute Gasteiger partial charge is 0.237 e. The Morgan fingerprint density at radius 3 is 0.647 bits per heavy atom. The van der Waals surface area contributed by atoms with Crippen molar-refractivity contribution < 1.29 is 5.11 Å². The van der Waals surface area contributed by atoms with E-state index < -0.39 is 7.42 Å². The largest absolute Gasteiger partial charge is 0.396 e. The van der Waals surface area contributed by atoms with Gasteiger partial charge in [0.1, 0.15) is 0 Å². The van der Waals surface area contributed by atoms with Crippen LogP contribution < -0.4 is 0 Å².